The standard InChI is InChI=1S/C11H19N3O/c1-11(2,7-8-15)14-10-6-4-5-9(12-3)13-10/h4-6,15H,7-8H2,1-3H3,(H2,12,13,14). The van der Waals surface area contributed by atoms with Crippen molar-refractivity contribution in [3.8, 4) is 0 Å². The Morgan fingerprint density at radius 3 is 2.60 bits per heavy atom. The van der Waals surface area contributed by atoms with Gasteiger partial charge < -0.3 is 15.7 Å². The lowest BCUT2D eigenvalue weighted by atomic mass is 10.0. The molecule has 3 N–H and O–H groups in total. The number of anilines is 2. The van der Waals surface area contributed by atoms with E-state index in [1.54, 1.807) is 0 Å². The predicted octanol–water partition coefficient (Wildman–Crippen LogP) is 1.70. The third-order valence-corrected chi connectivity index (χ3v) is 2.21. The van der Waals surface area contributed by atoms with Crippen LogP contribution in [-0.2, 0) is 0 Å². The highest BCUT2D eigenvalue weighted by molar-refractivity contribution is 5.45. The normalized spacial score (nSPS) is 11.2. The van der Waals surface area contributed by atoms with Crippen LogP contribution in [0.15, 0.2) is 18.2 Å². The summed E-state index contributed by atoms with van der Waals surface area (Å²) in [6.07, 6.45) is 0.693. The highest BCUT2D eigenvalue weighted by Gasteiger charge is 2.16. The first-order chi connectivity index (χ1) is 7.07. The topological polar surface area (TPSA) is 57.2 Å². The number of pyridine rings is 1. The molecular weight excluding hydrogens is 190 g/mol. The Morgan fingerprint density at radius 1 is 1.33 bits per heavy atom. The molecule has 1 rings (SSSR count). The molecule has 0 aliphatic heterocycles. The van der Waals surface area contributed by atoms with Crippen molar-refractivity contribution < 1.29 is 5.11 Å². The van der Waals surface area contributed by atoms with Crippen LogP contribution in [0.2, 0.25) is 0 Å². The van der Waals surface area contributed by atoms with E-state index in [2.05, 4.69) is 15.6 Å². The SMILES string of the molecule is CNc1cccc(NC(C)(C)CCO)n1. The van der Waals surface area contributed by atoms with Gasteiger partial charge in [0.05, 0.1) is 0 Å². The van der Waals surface area contributed by atoms with Crippen molar-refractivity contribution in [2.75, 3.05) is 24.3 Å². The van der Waals surface area contributed by atoms with E-state index in [1.165, 1.54) is 0 Å². The molecule has 0 spiro atoms. The molecule has 0 atom stereocenters. The molecule has 1 aromatic rings. The average molecular weight is 209 g/mol. The zero-order chi connectivity index (χ0) is 11.3. The van der Waals surface area contributed by atoms with Gasteiger partial charge in [-0.05, 0) is 32.4 Å². The Balaban J connectivity index is 2.71. The second-order valence-corrected chi connectivity index (χ2v) is 4.14. The van der Waals surface area contributed by atoms with Crippen LogP contribution in [0.4, 0.5) is 11.6 Å². The lowest BCUT2D eigenvalue weighted by molar-refractivity contribution is 0.260. The van der Waals surface area contributed by atoms with E-state index in [9.17, 15) is 0 Å². The first-order valence-electron chi connectivity index (χ1n) is 5.11. The maximum Gasteiger partial charge on any atom is 0.128 e. The molecule has 0 fully saturated rings. The first kappa shape index (κ1) is 11.8. The summed E-state index contributed by atoms with van der Waals surface area (Å²) in [7, 11) is 1.84. The summed E-state index contributed by atoms with van der Waals surface area (Å²) in [5.74, 6) is 1.65. The summed E-state index contributed by atoms with van der Waals surface area (Å²) < 4.78 is 0. The minimum Gasteiger partial charge on any atom is -0.396 e. The third-order valence-electron chi connectivity index (χ3n) is 2.21. The summed E-state index contributed by atoms with van der Waals surface area (Å²) >= 11 is 0. The van der Waals surface area contributed by atoms with Gasteiger partial charge in [0.15, 0.2) is 0 Å². The molecule has 0 aliphatic rings. The molecule has 0 saturated heterocycles. The maximum atomic E-state index is 8.91. The van der Waals surface area contributed by atoms with Crippen LogP contribution in [0, 0.1) is 0 Å². The molecule has 1 aromatic heterocycles. The molecule has 1 heterocycles. The molecule has 84 valence electrons. The Hall–Kier alpha value is -1.29. The molecule has 15 heavy (non-hydrogen) atoms. The summed E-state index contributed by atoms with van der Waals surface area (Å²) in [5.41, 5.74) is -0.145. The molecule has 0 bridgehead atoms. The third kappa shape index (κ3) is 3.75. The number of rotatable bonds is 5. The second-order valence-electron chi connectivity index (χ2n) is 4.14. The van der Waals surface area contributed by atoms with E-state index in [0.717, 1.165) is 11.6 Å². The molecule has 0 aromatic carbocycles. The van der Waals surface area contributed by atoms with Crippen molar-refractivity contribution in [2.24, 2.45) is 0 Å². The van der Waals surface area contributed by atoms with E-state index in [1.807, 2.05) is 39.1 Å². The van der Waals surface area contributed by atoms with Gasteiger partial charge in [0.25, 0.3) is 0 Å². The summed E-state index contributed by atoms with van der Waals surface area (Å²) in [6.45, 7) is 4.25. The summed E-state index contributed by atoms with van der Waals surface area (Å²) in [5, 5.41) is 15.2. The fourth-order valence-electron chi connectivity index (χ4n) is 1.33. The van der Waals surface area contributed by atoms with E-state index in [0.29, 0.717) is 6.42 Å². The van der Waals surface area contributed by atoms with Crippen LogP contribution in [-0.4, -0.2) is 29.3 Å². The number of aromatic nitrogens is 1. The number of nitrogens with zero attached hydrogens (tertiary/aromatic N) is 1. The van der Waals surface area contributed by atoms with Gasteiger partial charge >= 0.3 is 0 Å². The van der Waals surface area contributed by atoms with Crippen LogP contribution in [0.25, 0.3) is 0 Å². The number of hydrogen-bond acceptors (Lipinski definition) is 4. The monoisotopic (exact) mass is 209 g/mol. The lowest BCUT2D eigenvalue weighted by Gasteiger charge is -2.26. The van der Waals surface area contributed by atoms with Crippen LogP contribution in [0.1, 0.15) is 20.3 Å². The van der Waals surface area contributed by atoms with Crippen LogP contribution < -0.4 is 10.6 Å². The van der Waals surface area contributed by atoms with Gasteiger partial charge in [0.1, 0.15) is 11.6 Å². The van der Waals surface area contributed by atoms with Gasteiger partial charge in [-0.25, -0.2) is 4.98 Å². The van der Waals surface area contributed by atoms with E-state index in [-0.39, 0.29) is 12.1 Å². The number of aliphatic hydroxyl groups is 1. The molecule has 0 unspecified atom stereocenters. The van der Waals surface area contributed by atoms with Crippen molar-refractivity contribution in [3.63, 3.8) is 0 Å². The van der Waals surface area contributed by atoms with E-state index in [4.69, 9.17) is 5.11 Å². The molecule has 0 aliphatic carbocycles. The second kappa shape index (κ2) is 4.98. The maximum absolute atomic E-state index is 8.91. The zero-order valence-electron chi connectivity index (χ0n) is 9.54. The number of hydrogen-bond donors (Lipinski definition) is 3. The van der Waals surface area contributed by atoms with E-state index < -0.39 is 0 Å². The average Bonchev–Trinajstić information content (AvgIpc) is 2.17. The fourth-order valence-corrected chi connectivity index (χ4v) is 1.33. The first-order valence-corrected chi connectivity index (χ1v) is 5.11. The largest absolute Gasteiger partial charge is 0.396 e. The molecule has 0 radical (unpaired) electrons. The molecule has 0 saturated carbocycles. The van der Waals surface area contributed by atoms with Crippen LogP contribution in [0.3, 0.4) is 0 Å². The smallest absolute Gasteiger partial charge is 0.128 e. The molecule has 4 nitrogen and oxygen atoms in total. The lowest BCUT2D eigenvalue weighted by Crippen LogP contribution is -2.32. The minimum atomic E-state index is -0.145. The van der Waals surface area contributed by atoms with Crippen LogP contribution in [0.5, 0.6) is 0 Å². The van der Waals surface area contributed by atoms with Gasteiger partial charge in [-0.3, -0.25) is 0 Å². The summed E-state index contributed by atoms with van der Waals surface area (Å²) in [4.78, 5) is 4.35. The Labute approximate surface area is 90.7 Å². The highest BCUT2D eigenvalue weighted by atomic mass is 16.3. The van der Waals surface area contributed by atoms with Gasteiger partial charge in [-0.2, -0.15) is 0 Å². The van der Waals surface area contributed by atoms with Crippen molar-refractivity contribution in [1.29, 1.82) is 0 Å². The Bertz CT molecular complexity index is 312. The fraction of sp³-hybridized carbons (Fsp3) is 0.545. The van der Waals surface area contributed by atoms with Crippen molar-refractivity contribution in [3.05, 3.63) is 18.2 Å². The molecular formula is C11H19N3O. The number of aliphatic hydroxyl groups excluding tert-OH is 1. The van der Waals surface area contributed by atoms with Gasteiger partial charge in [0.2, 0.25) is 0 Å². The zero-order valence-corrected chi connectivity index (χ0v) is 9.54. The predicted molar refractivity (Wildman–Crippen MR) is 63.2 cm³/mol. The van der Waals surface area contributed by atoms with Gasteiger partial charge in [-0.1, -0.05) is 6.07 Å². The molecule has 0 amide bonds. The highest BCUT2D eigenvalue weighted by Crippen LogP contribution is 2.17. The van der Waals surface area contributed by atoms with Crippen LogP contribution >= 0.6 is 0 Å². The quantitative estimate of drug-likeness (QED) is 0.691. The van der Waals surface area contributed by atoms with Gasteiger partial charge in [0, 0.05) is 19.2 Å². The number of nitrogens with one attached hydrogen (secondary N) is 2. The van der Waals surface area contributed by atoms with E-state index >= 15 is 0 Å². The van der Waals surface area contributed by atoms with Crippen molar-refractivity contribution in [2.45, 2.75) is 25.8 Å². The van der Waals surface area contributed by atoms with Crippen molar-refractivity contribution in [1.82, 2.24) is 4.98 Å². The van der Waals surface area contributed by atoms with Gasteiger partial charge in [-0.15, -0.1) is 0 Å². The van der Waals surface area contributed by atoms with Crippen molar-refractivity contribution >= 4 is 11.6 Å². The Kier molecular flexibility index (Phi) is 3.91. The molecule has 4 heteroatoms. The summed E-state index contributed by atoms with van der Waals surface area (Å²) in [6, 6.07) is 5.76. The Morgan fingerprint density at radius 2 is 2.00 bits per heavy atom. The minimum absolute atomic E-state index is 0.145.